The number of nitrogens with one attached hydrogen (secondary N) is 1. The number of carbonyl (C=O) groups excluding carboxylic acids is 2. The number of nitrogens with zero attached hydrogens (tertiary/aromatic N) is 2. The number of alkyl halides is 3. The average molecular weight is 559 g/mol. The zero-order valence-electron chi connectivity index (χ0n) is 19.2. The third-order valence-corrected chi connectivity index (χ3v) is 6.58. The van der Waals surface area contributed by atoms with Gasteiger partial charge in [-0.05, 0) is 43.3 Å². The number of hydrogen-bond acceptors (Lipinski definition) is 6. The third kappa shape index (κ3) is 6.68. The van der Waals surface area contributed by atoms with Gasteiger partial charge in [-0.2, -0.15) is 21.9 Å². The highest BCUT2D eigenvalue weighted by molar-refractivity contribution is 7.89. The number of aryl methyl sites for hydroxylation is 1. The monoisotopic (exact) mass is 558 g/mol. The van der Waals surface area contributed by atoms with Gasteiger partial charge < -0.3 is 20.3 Å². The average Bonchev–Trinajstić information content (AvgIpc) is 2.84. The molecule has 0 spiro atoms. The zero-order valence-corrected chi connectivity index (χ0v) is 20.8. The molecule has 0 saturated carbocycles. The van der Waals surface area contributed by atoms with Crippen LogP contribution in [0.4, 0.5) is 23.2 Å². The standard InChI is InChI=1S/C23H19ClF4N4O4S/c1-12-18(6-7-20(25)30-12)36-19-10-16(23(26,27)28)17(24)9-15(19)22(34)31-13-4-3-5-14(8-13)37(35)32(2)21(33)11-29/h3-10H,11,29H2,1-2H3,(H,31,34). The Bertz CT molecular complexity index is 1340. The number of halogens is 5. The number of carbonyl (C=O) groups is 2. The topological polar surface area (TPSA) is 121 Å². The Hall–Kier alpha value is -3.39. The number of rotatable bonds is 7. The molecule has 14 heteroatoms. The summed E-state index contributed by atoms with van der Waals surface area (Å²) in [5.74, 6) is -2.92. The second-order valence-electron chi connectivity index (χ2n) is 7.47. The van der Waals surface area contributed by atoms with E-state index < -0.39 is 51.6 Å². The lowest BCUT2D eigenvalue weighted by Gasteiger charge is -2.19. The molecule has 2 amide bonds. The molecule has 0 aliphatic heterocycles. The quantitative estimate of drug-likeness (QED) is 0.247. The highest BCUT2D eigenvalue weighted by Gasteiger charge is 2.35. The van der Waals surface area contributed by atoms with E-state index >= 15 is 0 Å². The number of hydrogen-bond donors (Lipinski definition) is 2. The summed E-state index contributed by atoms with van der Waals surface area (Å²) in [7, 11) is 1.29. The van der Waals surface area contributed by atoms with Crippen molar-refractivity contribution >= 4 is 40.5 Å². The molecule has 1 unspecified atom stereocenters. The van der Waals surface area contributed by atoms with Crippen LogP contribution in [-0.2, 0) is 22.3 Å². The van der Waals surface area contributed by atoms with Crippen LogP contribution in [0.5, 0.6) is 11.5 Å². The van der Waals surface area contributed by atoms with E-state index in [9.17, 15) is 31.7 Å². The van der Waals surface area contributed by atoms with E-state index in [1.165, 1.54) is 38.2 Å². The SMILES string of the molecule is Cc1nc(F)ccc1Oc1cc(C(F)(F)F)c(Cl)cc1C(=O)Nc1cccc([S+]([O-])N(C)C(=O)CN)c1. The van der Waals surface area contributed by atoms with Gasteiger partial charge in [0, 0.05) is 11.8 Å². The zero-order chi connectivity index (χ0) is 27.5. The van der Waals surface area contributed by atoms with Crippen LogP contribution in [0.3, 0.4) is 0 Å². The maximum absolute atomic E-state index is 13.5. The Kier molecular flexibility index (Phi) is 8.64. The number of amides is 2. The van der Waals surface area contributed by atoms with Crippen LogP contribution in [-0.4, -0.2) is 39.2 Å². The van der Waals surface area contributed by atoms with Gasteiger partial charge in [-0.3, -0.25) is 9.59 Å². The largest absolute Gasteiger partial charge is 0.588 e. The predicted octanol–water partition coefficient (Wildman–Crippen LogP) is 4.69. The normalized spacial score (nSPS) is 12.1. The van der Waals surface area contributed by atoms with E-state index in [4.69, 9.17) is 22.1 Å². The van der Waals surface area contributed by atoms with Gasteiger partial charge in [0.15, 0.2) is 4.90 Å². The first-order valence-electron chi connectivity index (χ1n) is 10.3. The lowest BCUT2D eigenvalue weighted by atomic mass is 10.1. The number of likely N-dealkylation sites (N-methyl/N-ethyl adjacent to an activating group) is 1. The second kappa shape index (κ2) is 11.3. The number of nitrogens with two attached hydrogens (primary N) is 1. The van der Waals surface area contributed by atoms with E-state index in [-0.39, 0.29) is 34.1 Å². The molecule has 0 radical (unpaired) electrons. The summed E-state index contributed by atoms with van der Waals surface area (Å²) >= 11 is 3.89. The van der Waals surface area contributed by atoms with Gasteiger partial charge in [0.2, 0.25) is 5.95 Å². The third-order valence-electron chi connectivity index (χ3n) is 4.91. The van der Waals surface area contributed by atoms with Crippen molar-refractivity contribution in [2.75, 3.05) is 18.9 Å². The van der Waals surface area contributed by atoms with Gasteiger partial charge in [-0.1, -0.05) is 17.7 Å². The maximum Gasteiger partial charge on any atom is 0.417 e. The van der Waals surface area contributed by atoms with Crippen molar-refractivity contribution in [2.45, 2.75) is 18.0 Å². The number of anilines is 1. The molecule has 2 aromatic carbocycles. The molecule has 3 aromatic rings. The van der Waals surface area contributed by atoms with E-state index in [2.05, 4.69) is 10.3 Å². The van der Waals surface area contributed by atoms with Crippen LogP contribution in [0.15, 0.2) is 53.4 Å². The Labute approximate surface area is 216 Å². The van der Waals surface area contributed by atoms with Gasteiger partial charge in [0.05, 0.1) is 35.4 Å². The molecule has 0 saturated heterocycles. The number of pyridine rings is 1. The maximum atomic E-state index is 13.5. The summed E-state index contributed by atoms with van der Waals surface area (Å²) in [5, 5.41) is 1.72. The Morgan fingerprint density at radius 2 is 1.89 bits per heavy atom. The predicted molar refractivity (Wildman–Crippen MR) is 128 cm³/mol. The first-order chi connectivity index (χ1) is 17.3. The van der Waals surface area contributed by atoms with Crippen molar-refractivity contribution in [2.24, 2.45) is 5.73 Å². The Morgan fingerprint density at radius 1 is 1.19 bits per heavy atom. The molecule has 8 nitrogen and oxygen atoms in total. The van der Waals surface area contributed by atoms with Gasteiger partial charge >= 0.3 is 6.18 Å². The van der Waals surface area contributed by atoms with Crippen LogP contribution in [0.1, 0.15) is 21.6 Å². The van der Waals surface area contributed by atoms with Crippen LogP contribution >= 0.6 is 11.6 Å². The molecule has 196 valence electrons. The van der Waals surface area contributed by atoms with E-state index in [1.54, 1.807) is 0 Å². The molecule has 3 rings (SSSR count). The van der Waals surface area contributed by atoms with Crippen molar-refractivity contribution in [3.05, 3.63) is 76.3 Å². The lowest BCUT2D eigenvalue weighted by Crippen LogP contribution is -2.37. The molecule has 1 heterocycles. The minimum Gasteiger partial charge on any atom is -0.588 e. The highest BCUT2D eigenvalue weighted by Crippen LogP contribution is 2.40. The summed E-state index contributed by atoms with van der Waals surface area (Å²) in [6.07, 6.45) is -4.86. The summed E-state index contributed by atoms with van der Waals surface area (Å²) in [5.41, 5.74) is 3.81. The molecule has 0 aliphatic carbocycles. The fraction of sp³-hybridized carbons (Fsp3) is 0.174. The lowest BCUT2D eigenvalue weighted by molar-refractivity contribution is -0.137. The molecule has 1 atom stereocenters. The molecule has 0 bridgehead atoms. The first-order valence-corrected chi connectivity index (χ1v) is 11.8. The smallest absolute Gasteiger partial charge is 0.417 e. The van der Waals surface area contributed by atoms with Crippen molar-refractivity contribution < 1.29 is 36.4 Å². The molecule has 1 aromatic heterocycles. The van der Waals surface area contributed by atoms with Crippen molar-refractivity contribution in [3.63, 3.8) is 0 Å². The van der Waals surface area contributed by atoms with Crippen LogP contribution in [0.25, 0.3) is 0 Å². The summed E-state index contributed by atoms with van der Waals surface area (Å²) in [4.78, 5) is 28.5. The Balaban J connectivity index is 1.98. The first kappa shape index (κ1) is 28.2. The summed E-state index contributed by atoms with van der Waals surface area (Å²) < 4.78 is 72.9. The molecular formula is C23H19ClF4N4O4S. The van der Waals surface area contributed by atoms with Crippen LogP contribution in [0.2, 0.25) is 5.02 Å². The van der Waals surface area contributed by atoms with E-state index in [0.717, 1.165) is 22.5 Å². The minimum absolute atomic E-state index is 0.0289. The van der Waals surface area contributed by atoms with Crippen LogP contribution < -0.4 is 15.8 Å². The van der Waals surface area contributed by atoms with Gasteiger partial charge in [0.1, 0.15) is 22.9 Å². The molecular weight excluding hydrogens is 540 g/mol. The second-order valence-corrected chi connectivity index (χ2v) is 9.40. The fourth-order valence-corrected chi connectivity index (χ4v) is 4.31. The van der Waals surface area contributed by atoms with Gasteiger partial charge in [0.25, 0.3) is 11.8 Å². The van der Waals surface area contributed by atoms with Crippen molar-refractivity contribution in [3.8, 4) is 11.5 Å². The van der Waals surface area contributed by atoms with E-state index in [1.807, 2.05) is 0 Å². The fourth-order valence-electron chi connectivity index (χ4n) is 3.04. The van der Waals surface area contributed by atoms with Crippen molar-refractivity contribution in [1.82, 2.24) is 9.29 Å². The number of benzene rings is 2. The molecule has 3 N–H and O–H groups in total. The summed E-state index contributed by atoms with van der Waals surface area (Å²) in [6.45, 7) is 1.01. The number of aromatic nitrogens is 1. The summed E-state index contributed by atoms with van der Waals surface area (Å²) in [6, 6.07) is 9.09. The van der Waals surface area contributed by atoms with E-state index in [0.29, 0.717) is 6.07 Å². The van der Waals surface area contributed by atoms with Gasteiger partial charge in [-0.25, -0.2) is 4.98 Å². The highest BCUT2D eigenvalue weighted by atomic mass is 35.5. The molecule has 0 aliphatic rings. The Morgan fingerprint density at radius 3 is 2.51 bits per heavy atom. The molecule has 0 fully saturated rings. The molecule has 37 heavy (non-hydrogen) atoms. The van der Waals surface area contributed by atoms with Crippen LogP contribution in [0, 0.1) is 12.9 Å². The minimum atomic E-state index is -4.86. The van der Waals surface area contributed by atoms with Gasteiger partial charge in [-0.15, -0.1) is 0 Å². The van der Waals surface area contributed by atoms with Crippen molar-refractivity contribution in [1.29, 1.82) is 0 Å². The number of ether oxygens (including phenoxy) is 1.